The second-order valence-electron chi connectivity index (χ2n) is 6.91. The van der Waals surface area contributed by atoms with E-state index in [4.69, 9.17) is 0 Å². The molecule has 0 N–H and O–H groups in total. The first kappa shape index (κ1) is 17.2. The number of nitrogens with zero attached hydrogens (tertiary/aromatic N) is 1. The summed E-state index contributed by atoms with van der Waals surface area (Å²) in [5.41, 5.74) is 2.39. The first-order chi connectivity index (χ1) is 13.2. The number of ketones is 2. The molecule has 1 fully saturated rings. The van der Waals surface area contributed by atoms with Gasteiger partial charge in [0.05, 0.1) is 11.8 Å². The van der Waals surface area contributed by atoms with E-state index in [1.807, 2.05) is 91.0 Å². The molecular formula is C24H21NO2. The maximum absolute atomic E-state index is 13.2. The van der Waals surface area contributed by atoms with E-state index >= 15 is 0 Å². The monoisotopic (exact) mass is 355 g/mol. The van der Waals surface area contributed by atoms with Gasteiger partial charge in [-0.25, -0.2) is 0 Å². The Morgan fingerprint density at radius 2 is 0.963 bits per heavy atom. The van der Waals surface area contributed by atoms with Crippen LogP contribution in [0.3, 0.4) is 0 Å². The van der Waals surface area contributed by atoms with E-state index in [-0.39, 0.29) is 23.4 Å². The van der Waals surface area contributed by atoms with Crippen LogP contribution in [0.25, 0.3) is 0 Å². The van der Waals surface area contributed by atoms with E-state index in [0.29, 0.717) is 24.2 Å². The normalized spacial score (nSPS) is 19.0. The van der Waals surface area contributed by atoms with Crippen molar-refractivity contribution in [1.29, 1.82) is 0 Å². The van der Waals surface area contributed by atoms with Crippen LogP contribution in [0.15, 0.2) is 91.0 Å². The van der Waals surface area contributed by atoms with Crippen LogP contribution in [0.1, 0.15) is 20.7 Å². The molecule has 0 aliphatic carbocycles. The highest BCUT2D eigenvalue weighted by Gasteiger charge is 2.42. The zero-order valence-corrected chi connectivity index (χ0v) is 15.0. The van der Waals surface area contributed by atoms with E-state index in [2.05, 4.69) is 4.90 Å². The SMILES string of the molecule is O=C(c1ccccc1)[C@@H]1CN(c2ccccc2)C[C@H]1C(=O)c1ccccc1. The van der Waals surface area contributed by atoms with Crippen LogP contribution < -0.4 is 4.90 Å². The smallest absolute Gasteiger partial charge is 0.168 e. The second-order valence-corrected chi connectivity index (χ2v) is 6.91. The molecule has 0 unspecified atom stereocenters. The molecule has 0 aromatic heterocycles. The minimum absolute atomic E-state index is 0.0447. The summed E-state index contributed by atoms with van der Waals surface area (Å²) in [7, 11) is 0. The largest absolute Gasteiger partial charge is 0.370 e. The van der Waals surface area contributed by atoms with Gasteiger partial charge in [0.1, 0.15) is 0 Å². The number of hydrogen-bond acceptors (Lipinski definition) is 3. The molecule has 1 saturated heterocycles. The van der Waals surface area contributed by atoms with E-state index in [9.17, 15) is 9.59 Å². The number of anilines is 1. The second kappa shape index (κ2) is 7.58. The first-order valence-electron chi connectivity index (χ1n) is 9.22. The highest BCUT2D eigenvalue weighted by Crippen LogP contribution is 2.33. The van der Waals surface area contributed by atoms with Gasteiger partial charge in [0, 0.05) is 29.9 Å². The Hall–Kier alpha value is -3.20. The fraction of sp³-hybridized carbons (Fsp3) is 0.167. The van der Waals surface area contributed by atoms with Crippen molar-refractivity contribution in [2.75, 3.05) is 18.0 Å². The van der Waals surface area contributed by atoms with Crippen LogP contribution >= 0.6 is 0 Å². The first-order valence-corrected chi connectivity index (χ1v) is 9.22. The Kier molecular flexibility index (Phi) is 4.84. The number of carbonyl (C=O) groups excluding carboxylic acids is 2. The molecule has 134 valence electrons. The summed E-state index contributed by atoms with van der Waals surface area (Å²) in [6.45, 7) is 1.11. The molecule has 2 atom stereocenters. The molecule has 3 heteroatoms. The highest BCUT2D eigenvalue weighted by molar-refractivity contribution is 6.06. The lowest BCUT2D eigenvalue weighted by molar-refractivity contribution is 0.0809. The van der Waals surface area contributed by atoms with Crippen molar-refractivity contribution in [3.63, 3.8) is 0 Å². The van der Waals surface area contributed by atoms with E-state index in [0.717, 1.165) is 5.69 Å². The molecule has 0 saturated carbocycles. The van der Waals surface area contributed by atoms with Crippen LogP contribution in [0, 0.1) is 11.8 Å². The van der Waals surface area contributed by atoms with E-state index < -0.39 is 0 Å². The van der Waals surface area contributed by atoms with Crippen LogP contribution in [0.5, 0.6) is 0 Å². The van der Waals surface area contributed by atoms with Gasteiger partial charge in [-0.05, 0) is 12.1 Å². The van der Waals surface area contributed by atoms with Crippen molar-refractivity contribution in [3.8, 4) is 0 Å². The van der Waals surface area contributed by atoms with Crippen LogP contribution in [0.4, 0.5) is 5.69 Å². The predicted molar refractivity (Wildman–Crippen MR) is 107 cm³/mol. The molecule has 0 bridgehead atoms. The van der Waals surface area contributed by atoms with Crippen molar-refractivity contribution >= 4 is 17.3 Å². The Labute approximate surface area is 159 Å². The molecular weight excluding hydrogens is 334 g/mol. The third-order valence-corrected chi connectivity index (χ3v) is 5.23. The number of para-hydroxylation sites is 1. The van der Waals surface area contributed by atoms with Crippen LogP contribution in [-0.2, 0) is 0 Å². The topological polar surface area (TPSA) is 37.4 Å². The van der Waals surface area contributed by atoms with Gasteiger partial charge in [-0.15, -0.1) is 0 Å². The van der Waals surface area contributed by atoms with Gasteiger partial charge >= 0.3 is 0 Å². The minimum atomic E-state index is -0.347. The fourth-order valence-corrected chi connectivity index (χ4v) is 3.82. The summed E-state index contributed by atoms with van der Waals surface area (Å²) in [6.07, 6.45) is 0. The third kappa shape index (κ3) is 3.54. The average molecular weight is 355 g/mol. The minimum Gasteiger partial charge on any atom is -0.370 e. The molecule has 3 aromatic rings. The van der Waals surface area contributed by atoms with Crippen molar-refractivity contribution in [1.82, 2.24) is 0 Å². The third-order valence-electron chi connectivity index (χ3n) is 5.23. The summed E-state index contributed by atoms with van der Waals surface area (Å²) in [5.74, 6) is -0.604. The van der Waals surface area contributed by atoms with Crippen molar-refractivity contribution in [2.24, 2.45) is 11.8 Å². The lowest BCUT2D eigenvalue weighted by Gasteiger charge is -2.18. The summed E-state index contributed by atoms with van der Waals surface area (Å²) in [6, 6.07) is 28.6. The summed E-state index contributed by atoms with van der Waals surface area (Å²) < 4.78 is 0. The van der Waals surface area contributed by atoms with Crippen LogP contribution in [-0.4, -0.2) is 24.7 Å². The maximum Gasteiger partial charge on any atom is 0.168 e. The Morgan fingerprint density at radius 3 is 1.37 bits per heavy atom. The van der Waals surface area contributed by atoms with Crippen molar-refractivity contribution < 1.29 is 9.59 Å². The van der Waals surface area contributed by atoms with Gasteiger partial charge in [-0.3, -0.25) is 9.59 Å². The van der Waals surface area contributed by atoms with E-state index in [1.54, 1.807) is 0 Å². The molecule has 0 amide bonds. The average Bonchev–Trinajstić information content (AvgIpc) is 3.20. The maximum atomic E-state index is 13.2. The molecule has 1 aliphatic heterocycles. The standard InChI is InChI=1S/C24H21NO2/c26-23(18-10-4-1-5-11-18)21-16-25(20-14-8-3-9-15-20)17-22(21)24(27)19-12-6-2-7-13-19/h1-15,21-22H,16-17H2/t21-,22-/m1/s1. The predicted octanol–water partition coefficient (Wildman–Crippen LogP) is 4.50. The molecule has 3 nitrogen and oxygen atoms in total. The highest BCUT2D eigenvalue weighted by atomic mass is 16.1. The molecule has 0 spiro atoms. The zero-order valence-electron chi connectivity index (χ0n) is 15.0. The van der Waals surface area contributed by atoms with E-state index in [1.165, 1.54) is 0 Å². The lowest BCUT2D eigenvalue weighted by Crippen LogP contribution is -2.29. The van der Waals surface area contributed by atoms with Gasteiger partial charge in [0.25, 0.3) is 0 Å². The van der Waals surface area contributed by atoms with Gasteiger partial charge in [0.15, 0.2) is 11.6 Å². The fourth-order valence-electron chi connectivity index (χ4n) is 3.82. The molecule has 1 heterocycles. The number of rotatable bonds is 5. The summed E-state index contributed by atoms with van der Waals surface area (Å²) in [5, 5.41) is 0. The molecule has 0 radical (unpaired) electrons. The van der Waals surface area contributed by atoms with Gasteiger partial charge < -0.3 is 4.90 Å². The van der Waals surface area contributed by atoms with Crippen molar-refractivity contribution in [3.05, 3.63) is 102 Å². The summed E-state index contributed by atoms with van der Waals surface area (Å²) >= 11 is 0. The Bertz CT molecular complexity index is 863. The summed E-state index contributed by atoms with van der Waals surface area (Å²) in [4.78, 5) is 28.5. The van der Waals surface area contributed by atoms with Crippen molar-refractivity contribution in [2.45, 2.75) is 0 Å². The number of carbonyl (C=O) groups is 2. The van der Waals surface area contributed by atoms with Gasteiger partial charge in [-0.2, -0.15) is 0 Å². The molecule has 3 aromatic carbocycles. The molecule has 4 rings (SSSR count). The molecule has 27 heavy (non-hydrogen) atoms. The number of hydrogen-bond donors (Lipinski definition) is 0. The Morgan fingerprint density at radius 1 is 0.593 bits per heavy atom. The number of Topliss-reactive ketones (excluding diaryl/α,β-unsaturated/α-hetero) is 2. The van der Waals surface area contributed by atoms with Crippen LogP contribution in [0.2, 0.25) is 0 Å². The molecule has 1 aliphatic rings. The Balaban J connectivity index is 1.67. The van der Waals surface area contributed by atoms with Gasteiger partial charge in [-0.1, -0.05) is 78.9 Å². The van der Waals surface area contributed by atoms with Gasteiger partial charge in [0.2, 0.25) is 0 Å². The number of benzene rings is 3. The lowest BCUT2D eigenvalue weighted by atomic mass is 9.83. The quantitative estimate of drug-likeness (QED) is 0.632. The zero-order chi connectivity index (χ0) is 18.6.